The molecule has 0 aromatic rings. The minimum Gasteiger partial charge on any atom is -0.307 e. The van der Waals surface area contributed by atoms with Gasteiger partial charge in [-0.1, -0.05) is 37.8 Å². The van der Waals surface area contributed by atoms with E-state index in [-0.39, 0.29) is 0 Å². The number of fused-ring (bicyclic) bond motifs is 2. The van der Waals surface area contributed by atoms with Crippen LogP contribution in [0.15, 0.2) is 12.2 Å². The molecule has 2 atom stereocenters. The fraction of sp³-hybridized carbons (Fsp3) is 0.818. The lowest BCUT2D eigenvalue weighted by Gasteiger charge is -2.25. The summed E-state index contributed by atoms with van der Waals surface area (Å²) in [6.07, 6.45) is 14.5. The Kier molecular flexibility index (Phi) is 2.83. The third-order valence-corrected chi connectivity index (χ3v) is 3.06. The molecule has 68 valence electrons. The van der Waals surface area contributed by atoms with E-state index in [2.05, 4.69) is 17.5 Å². The van der Waals surface area contributed by atoms with E-state index in [1.54, 1.807) is 0 Å². The van der Waals surface area contributed by atoms with Crippen molar-refractivity contribution in [1.29, 1.82) is 0 Å². The van der Waals surface area contributed by atoms with E-state index < -0.39 is 0 Å². The maximum atomic E-state index is 3.71. The monoisotopic (exact) mass is 165 g/mol. The molecule has 0 aromatic carbocycles. The Morgan fingerprint density at radius 3 is 2.75 bits per heavy atom. The quantitative estimate of drug-likeness (QED) is 0.544. The van der Waals surface area contributed by atoms with Crippen molar-refractivity contribution in [1.82, 2.24) is 5.32 Å². The van der Waals surface area contributed by atoms with Gasteiger partial charge < -0.3 is 5.32 Å². The summed E-state index contributed by atoms with van der Waals surface area (Å²) in [6.45, 7) is 0. The van der Waals surface area contributed by atoms with Crippen molar-refractivity contribution in [2.75, 3.05) is 0 Å². The van der Waals surface area contributed by atoms with Gasteiger partial charge in [0.25, 0.3) is 0 Å². The average Bonchev–Trinajstić information content (AvgIpc) is 2.17. The van der Waals surface area contributed by atoms with Crippen molar-refractivity contribution in [2.45, 2.75) is 57.0 Å². The molecular weight excluding hydrogens is 146 g/mol. The first-order valence-electron chi connectivity index (χ1n) is 5.38. The summed E-state index contributed by atoms with van der Waals surface area (Å²) in [5.41, 5.74) is 0. The van der Waals surface area contributed by atoms with Crippen molar-refractivity contribution in [3.8, 4) is 0 Å². The fourth-order valence-corrected chi connectivity index (χ4v) is 2.32. The molecule has 0 aliphatic carbocycles. The highest BCUT2D eigenvalue weighted by atomic mass is 14.9. The molecule has 0 aromatic heterocycles. The van der Waals surface area contributed by atoms with Crippen LogP contribution >= 0.6 is 0 Å². The van der Waals surface area contributed by atoms with Gasteiger partial charge in [0.05, 0.1) is 0 Å². The van der Waals surface area contributed by atoms with Crippen LogP contribution in [-0.2, 0) is 0 Å². The molecule has 1 nitrogen and oxygen atoms in total. The molecule has 12 heavy (non-hydrogen) atoms. The van der Waals surface area contributed by atoms with Gasteiger partial charge >= 0.3 is 0 Å². The highest BCUT2D eigenvalue weighted by molar-refractivity contribution is 5.01. The smallest absolute Gasteiger partial charge is 0.0252 e. The molecule has 2 unspecified atom stereocenters. The lowest BCUT2D eigenvalue weighted by atomic mass is 10.0. The van der Waals surface area contributed by atoms with E-state index in [9.17, 15) is 0 Å². The minimum atomic E-state index is 0.696. The van der Waals surface area contributed by atoms with Gasteiger partial charge in [-0.05, 0) is 19.3 Å². The summed E-state index contributed by atoms with van der Waals surface area (Å²) in [5.74, 6) is 0. The van der Waals surface area contributed by atoms with Crippen molar-refractivity contribution in [3.05, 3.63) is 12.2 Å². The summed E-state index contributed by atoms with van der Waals surface area (Å²) in [7, 11) is 0. The van der Waals surface area contributed by atoms with Gasteiger partial charge in [0, 0.05) is 12.1 Å². The summed E-state index contributed by atoms with van der Waals surface area (Å²) < 4.78 is 0. The third-order valence-electron chi connectivity index (χ3n) is 3.06. The van der Waals surface area contributed by atoms with Crippen LogP contribution in [-0.4, -0.2) is 12.1 Å². The van der Waals surface area contributed by atoms with Gasteiger partial charge in [0.2, 0.25) is 0 Å². The largest absolute Gasteiger partial charge is 0.307 e. The molecule has 0 saturated carbocycles. The zero-order chi connectivity index (χ0) is 8.23. The van der Waals surface area contributed by atoms with Gasteiger partial charge in [0.1, 0.15) is 0 Å². The van der Waals surface area contributed by atoms with Crippen LogP contribution < -0.4 is 5.32 Å². The molecule has 1 fully saturated rings. The van der Waals surface area contributed by atoms with Crippen LogP contribution in [0.2, 0.25) is 0 Å². The first kappa shape index (κ1) is 8.31. The average molecular weight is 165 g/mol. The van der Waals surface area contributed by atoms with E-state index in [1.165, 1.54) is 44.9 Å². The predicted octanol–water partition coefficient (Wildman–Crippen LogP) is 2.63. The van der Waals surface area contributed by atoms with E-state index in [0.29, 0.717) is 6.04 Å². The Morgan fingerprint density at radius 2 is 1.83 bits per heavy atom. The molecule has 2 heterocycles. The molecule has 0 amide bonds. The third kappa shape index (κ3) is 2.10. The van der Waals surface area contributed by atoms with Crippen molar-refractivity contribution in [2.24, 2.45) is 0 Å². The molecule has 0 spiro atoms. The Balaban J connectivity index is 1.95. The minimum absolute atomic E-state index is 0.696. The molecule has 2 bridgehead atoms. The van der Waals surface area contributed by atoms with Crippen LogP contribution in [0.1, 0.15) is 44.9 Å². The first-order chi connectivity index (χ1) is 5.95. The van der Waals surface area contributed by atoms with Crippen molar-refractivity contribution >= 4 is 0 Å². The van der Waals surface area contributed by atoms with Crippen molar-refractivity contribution < 1.29 is 0 Å². The number of rotatable bonds is 0. The maximum Gasteiger partial charge on any atom is 0.0252 e. The second-order valence-corrected chi connectivity index (χ2v) is 4.13. The van der Waals surface area contributed by atoms with E-state index >= 15 is 0 Å². The molecule has 2 aliphatic heterocycles. The van der Waals surface area contributed by atoms with Gasteiger partial charge in [-0.2, -0.15) is 0 Å². The molecular formula is C11H19N. The second kappa shape index (κ2) is 4.08. The van der Waals surface area contributed by atoms with Gasteiger partial charge in [0.15, 0.2) is 0 Å². The van der Waals surface area contributed by atoms with Crippen LogP contribution in [0.5, 0.6) is 0 Å². The lowest BCUT2D eigenvalue weighted by molar-refractivity contribution is 0.419. The number of hydrogen-bond donors (Lipinski definition) is 1. The molecule has 1 saturated heterocycles. The Bertz CT molecular complexity index is 162. The Morgan fingerprint density at radius 1 is 1.00 bits per heavy atom. The topological polar surface area (TPSA) is 12.0 Å². The Hall–Kier alpha value is -0.300. The molecule has 1 N–H and O–H groups in total. The second-order valence-electron chi connectivity index (χ2n) is 4.13. The van der Waals surface area contributed by atoms with Crippen LogP contribution in [0.3, 0.4) is 0 Å². The lowest BCUT2D eigenvalue weighted by Crippen LogP contribution is -2.39. The van der Waals surface area contributed by atoms with Crippen molar-refractivity contribution in [3.63, 3.8) is 0 Å². The summed E-state index contributed by atoms with van der Waals surface area (Å²) in [5, 5.41) is 3.71. The summed E-state index contributed by atoms with van der Waals surface area (Å²) >= 11 is 0. The molecule has 0 radical (unpaired) electrons. The van der Waals surface area contributed by atoms with Gasteiger partial charge in [-0.15, -0.1) is 0 Å². The first-order valence-corrected chi connectivity index (χ1v) is 5.38. The summed E-state index contributed by atoms with van der Waals surface area (Å²) in [4.78, 5) is 0. The van der Waals surface area contributed by atoms with Crippen LogP contribution in [0.4, 0.5) is 0 Å². The number of nitrogens with one attached hydrogen (secondary N) is 1. The maximum absolute atomic E-state index is 3.71. The fourth-order valence-electron chi connectivity index (χ4n) is 2.32. The van der Waals surface area contributed by atoms with Gasteiger partial charge in [-0.25, -0.2) is 0 Å². The zero-order valence-electron chi connectivity index (χ0n) is 7.76. The zero-order valence-corrected chi connectivity index (χ0v) is 7.76. The normalized spacial score (nSPS) is 36.7. The SMILES string of the molecule is C1=CC2CCCCCCC(C1)N2. The predicted molar refractivity (Wildman–Crippen MR) is 52.2 cm³/mol. The summed E-state index contributed by atoms with van der Waals surface area (Å²) in [6, 6.07) is 1.49. The number of hydrogen-bond acceptors (Lipinski definition) is 1. The van der Waals surface area contributed by atoms with E-state index in [0.717, 1.165) is 6.04 Å². The molecule has 2 aliphatic rings. The van der Waals surface area contributed by atoms with E-state index in [4.69, 9.17) is 0 Å². The van der Waals surface area contributed by atoms with Crippen LogP contribution in [0.25, 0.3) is 0 Å². The highest BCUT2D eigenvalue weighted by Crippen LogP contribution is 2.18. The standard InChI is InChI=1S/C11H19N/c1-2-4-7-11-9-5-8-10(12-11)6-3-1/h5,8,10-12H,1-4,6-7,9H2. The molecule has 2 rings (SSSR count). The van der Waals surface area contributed by atoms with E-state index in [1.807, 2.05) is 0 Å². The molecule has 1 heteroatoms. The highest BCUT2D eigenvalue weighted by Gasteiger charge is 2.17. The Labute approximate surface area is 75.2 Å². The van der Waals surface area contributed by atoms with Crippen LogP contribution in [0, 0.1) is 0 Å². The van der Waals surface area contributed by atoms with Gasteiger partial charge in [-0.3, -0.25) is 0 Å².